The molecule has 0 bridgehead atoms. The van der Waals surface area contributed by atoms with Crippen molar-refractivity contribution in [3.8, 4) is 11.1 Å². The summed E-state index contributed by atoms with van der Waals surface area (Å²) in [7, 11) is 0. The Labute approximate surface area is 171 Å². The van der Waals surface area contributed by atoms with Gasteiger partial charge in [-0.1, -0.05) is 36.4 Å². The van der Waals surface area contributed by atoms with E-state index in [2.05, 4.69) is 15.6 Å². The van der Waals surface area contributed by atoms with Gasteiger partial charge in [0.25, 0.3) is 5.91 Å². The zero-order valence-corrected chi connectivity index (χ0v) is 16.1. The molecule has 5 N–H and O–H groups in total. The number of rotatable bonds is 4. The summed E-state index contributed by atoms with van der Waals surface area (Å²) in [5, 5.41) is 6.02. The number of hydrogen-bond acceptors (Lipinski definition) is 2. The monoisotopic (exact) mass is 402 g/mol. The largest absolute Gasteiger partial charge is 0.364 e. The topological polar surface area (TPSA) is 100 Å². The van der Waals surface area contributed by atoms with Crippen molar-refractivity contribution in [2.45, 2.75) is 6.92 Å². The van der Waals surface area contributed by atoms with Crippen LogP contribution in [0.2, 0.25) is 0 Å². The minimum absolute atomic E-state index is 0.0969. The lowest BCUT2D eigenvalue weighted by atomic mass is 10.0. The van der Waals surface area contributed by atoms with Crippen LogP contribution in [0, 0.1) is 12.7 Å². The van der Waals surface area contributed by atoms with Gasteiger partial charge >= 0.3 is 6.03 Å². The molecule has 1 aromatic heterocycles. The highest BCUT2D eigenvalue weighted by atomic mass is 19.1. The van der Waals surface area contributed by atoms with E-state index < -0.39 is 17.8 Å². The molecular formula is C23H19FN4O2. The normalized spacial score (nSPS) is 10.7. The molecule has 0 unspecified atom stereocenters. The Morgan fingerprint density at radius 2 is 1.70 bits per heavy atom. The fourth-order valence-corrected chi connectivity index (χ4v) is 3.35. The van der Waals surface area contributed by atoms with Gasteiger partial charge in [0.1, 0.15) is 11.5 Å². The molecule has 0 spiro atoms. The van der Waals surface area contributed by atoms with Gasteiger partial charge in [-0.15, -0.1) is 0 Å². The molecule has 3 amide bonds. The molecule has 7 heteroatoms. The molecule has 150 valence electrons. The number of benzene rings is 3. The van der Waals surface area contributed by atoms with E-state index in [-0.39, 0.29) is 5.69 Å². The molecule has 0 radical (unpaired) electrons. The molecule has 4 rings (SSSR count). The summed E-state index contributed by atoms with van der Waals surface area (Å²) in [5.74, 6) is -1.05. The first kappa shape index (κ1) is 19.2. The molecule has 0 aliphatic carbocycles. The van der Waals surface area contributed by atoms with E-state index in [1.54, 1.807) is 37.3 Å². The van der Waals surface area contributed by atoms with Crippen molar-refractivity contribution >= 4 is 34.2 Å². The number of primary amides is 1. The van der Waals surface area contributed by atoms with Gasteiger partial charge in [-0.05, 0) is 48.4 Å². The molecule has 30 heavy (non-hydrogen) atoms. The van der Waals surface area contributed by atoms with Crippen LogP contribution >= 0.6 is 0 Å². The van der Waals surface area contributed by atoms with Crippen molar-refractivity contribution in [3.63, 3.8) is 0 Å². The molecule has 0 saturated heterocycles. The van der Waals surface area contributed by atoms with Crippen molar-refractivity contribution in [3.05, 3.63) is 83.8 Å². The van der Waals surface area contributed by atoms with Crippen molar-refractivity contribution in [2.24, 2.45) is 5.73 Å². The van der Waals surface area contributed by atoms with E-state index in [4.69, 9.17) is 5.73 Å². The number of nitrogens with one attached hydrogen (secondary N) is 3. The van der Waals surface area contributed by atoms with Crippen molar-refractivity contribution in [1.82, 2.24) is 4.98 Å². The van der Waals surface area contributed by atoms with Gasteiger partial charge in [-0.25, -0.2) is 9.18 Å². The number of carbonyl (C=O) groups is 2. The van der Waals surface area contributed by atoms with E-state index in [0.717, 1.165) is 22.0 Å². The summed E-state index contributed by atoms with van der Waals surface area (Å²) >= 11 is 0. The van der Waals surface area contributed by atoms with E-state index in [1.807, 2.05) is 24.3 Å². The highest BCUT2D eigenvalue weighted by Gasteiger charge is 2.17. The van der Waals surface area contributed by atoms with E-state index in [9.17, 15) is 14.0 Å². The molecule has 0 aliphatic rings. The molecule has 0 saturated carbocycles. The molecule has 0 atom stereocenters. The highest BCUT2D eigenvalue weighted by Crippen LogP contribution is 2.33. The Balaban J connectivity index is 1.56. The van der Waals surface area contributed by atoms with Gasteiger partial charge < -0.3 is 21.4 Å². The second-order valence-electron chi connectivity index (χ2n) is 6.92. The molecule has 0 aliphatic heterocycles. The smallest absolute Gasteiger partial charge is 0.323 e. The number of anilines is 2. The van der Waals surface area contributed by atoms with Gasteiger partial charge in [-0.3, -0.25) is 4.79 Å². The number of H-pyrrole nitrogens is 1. The maximum Gasteiger partial charge on any atom is 0.323 e. The van der Waals surface area contributed by atoms with Crippen LogP contribution in [0.25, 0.3) is 22.0 Å². The molecule has 1 heterocycles. The zero-order chi connectivity index (χ0) is 21.3. The number of halogens is 1. The number of hydrogen-bond donors (Lipinski definition) is 4. The van der Waals surface area contributed by atoms with Crippen LogP contribution in [0.3, 0.4) is 0 Å². The first-order chi connectivity index (χ1) is 14.4. The SMILES string of the molecule is Cc1ccc(NC(=O)Nc2ccc(-c3c(C(N)=O)[nH]c4ccccc34)cc2)c(F)c1. The third-order valence-corrected chi connectivity index (χ3v) is 4.76. The van der Waals surface area contributed by atoms with E-state index >= 15 is 0 Å². The Bertz CT molecular complexity index is 1260. The van der Waals surface area contributed by atoms with E-state index in [0.29, 0.717) is 16.9 Å². The zero-order valence-electron chi connectivity index (χ0n) is 16.1. The molecule has 6 nitrogen and oxygen atoms in total. The number of aromatic amines is 1. The Kier molecular flexibility index (Phi) is 4.93. The van der Waals surface area contributed by atoms with Crippen LogP contribution in [0.5, 0.6) is 0 Å². The maximum atomic E-state index is 13.9. The number of fused-ring (bicyclic) bond motifs is 1. The van der Waals surface area contributed by atoms with Crippen LogP contribution in [0.1, 0.15) is 16.1 Å². The van der Waals surface area contributed by atoms with Gasteiger partial charge in [0.05, 0.1) is 5.69 Å². The number of aromatic nitrogens is 1. The molecule has 0 fully saturated rings. The van der Waals surface area contributed by atoms with Crippen LogP contribution in [0.15, 0.2) is 66.7 Å². The number of carbonyl (C=O) groups excluding carboxylic acids is 2. The average molecular weight is 402 g/mol. The van der Waals surface area contributed by atoms with Crippen LogP contribution < -0.4 is 16.4 Å². The predicted molar refractivity (Wildman–Crippen MR) is 116 cm³/mol. The highest BCUT2D eigenvalue weighted by molar-refractivity contribution is 6.09. The summed E-state index contributed by atoms with van der Waals surface area (Å²) in [5.41, 5.74) is 9.53. The Hall–Kier alpha value is -4.13. The number of para-hydroxylation sites is 1. The summed E-state index contributed by atoms with van der Waals surface area (Å²) < 4.78 is 13.9. The average Bonchev–Trinajstić information content (AvgIpc) is 3.11. The molecule has 4 aromatic rings. The Morgan fingerprint density at radius 1 is 0.967 bits per heavy atom. The molecule has 3 aromatic carbocycles. The standard InChI is InChI=1S/C23H19FN4O2/c1-13-6-11-19(17(24)12-13)28-23(30)26-15-9-7-14(8-10-15)20-16-4-2-3-5-18(16)27-21(20)22(25)29/h2-12,27H,1H3,(H2,25,29)(H2,26,28,30). The van der Waals surface area contributed by atoms with Crippen molar-refractivity contribution < 1.29 is 14.0 Å². The summed E-state index contributed by atoms with van der Waals surface area (Å²) in [6, 6.07) is 18.5. The van der Waals surface area contributed by atoms with Gasteiger partial charge in [-0.2, -0.15) is 0 Å². The number of nitrogens with two attached hydrogens (primary N) is 1. The minimum atomic E-state index is -0.560. The first-order valence-electron chi connectivity index (χ1n) is 9.27. The number of aryl methyl sites for hydroxylation is 1. The number of urea groups is 1. The Morgan fingerprint density at radius 3 is 2.40 bits per heavy atom. The summed E-state index contributed by atoms with van der Waals surface area (Å²) in [6.07, 6.45) is 0. The lowest BCUT2D eigenvalue weighted by Crippen LogP contribution is -2.20. The third kappa shape index (κ3) is 3.73. The fraction of sp³-hybridized carbons (Fsp3) is 0.0435. The maximum absolute atomic E-state index is 13.9. The first-order valence-corrected chi connectivity index (χ1v) is 9.27. The quantitative estimate of drug-likeness (QED) is 0.385. The second kappa shape index (κ2) is 7.71. The van der Waals surface area contributed by atoms with Gasteiger partial charge in [0.15, 0.2) is 0 Å². The van der Waals surface area contributed by atoms with Crippen molar-refractivity contribution in [2.75, 3.05) is 10.6 Å². The molecular weight excluding hydrogens is 383 g/mol. The number of amides is 3. The minimum Gasteiger partial charge on any atom is -0.364 e. The van der Waals surface area contributed by atoms with Crippen LogP contribution in [0.4, 0.5) is 20.6 Å². The fourth-order valence-electron chi connectivity index (χ4n) is 3.35. The van der Waals surface area contributed by atoms with Crippen LogP contribution in [-0.4, -0.2) is 16.9 Å². The van der Waals surface area contributed by atoms with Gasteiger partial charge in [0.2, 0.25) is 0 Å². The van der Waals surface area contributed by atoms with Crippen LogP contribution in [-0.2, 0) is 0 Å². The predicted octanol–water partition coefficient (Wildman–Crippen LogP) is 5.03. The second-order valence-corrected chi connectivity index (χ2v) is 6.92. The third-order valence-electron chi connectivity index (χ3n) is 4.76. The van der Waals surface area contributed by atoms with Gasteiger partial charge in [0, 0.05) is 22.2 Å². The summed E-state index contributed by atoms with van der Waals surface area (Å²) in [4.78, 5) is 27.1. The van der Waals surface area contributed by atoms with Crippen molar-refractivity contribution in [1.29, 1.82) is 0 Å². The lowest BCUT2D eigenvalue weighted by molar-refractivity contribution is 0.0997. The summed E-state index contributed by atoms with van der Waals surface area (Å²) in [6.45, 7) is 1.77. The lowest BCUT2D eigenvalue weighted by Gasteiger charge is -2.10. The van der Waals surface area contributed by atoms with E-state index in [1.165, 1.54) is 12.1 Å².